The quantitative estimate of drug-likeness (QED) is 0.763. The summed E-state index contributed by atoms with van der Waals surface area (Å²) in [6.45, 7) is 2.03. The average Bonchev–Trinajstić information content (AvgIpc) is 3.24. The van der Waals surface area contributed by atoms with E-state index in [4.69, 9.17) is 0 Å². The van der Waals surface area contributed by atoms with Crippen LogP contribution in [0.3, 0.4) is 0 Å². The summed E-state index contributed by atoms with van der Waals surface area (Å²) in [6.07, 6.45) is 0.718. The Hall–Kier alpha value is -1.43. The molecule has 21 heavy (non-hydrogen) atoms. The fraction of sp³-hybridized carbons (Fsp3) is 0.235. The molecule has 0 spiro atoms. The second kappa shape index (κ2) is 5.75. The summed E-state index contributed by atoms with van der Waals surface area (Å²) in [4.78, 5) is 12.2. The van der Waals surface area contributed by atoms with Crippen LogP contribution in [0.2, 0.25) is 0 Å². The Kier molecular flexibility index (Phi) is 3.97. The number of rotatable bonds is 3. The van der Waals surface area contributed by atoms with Gasteiger partial charge in [0.05, 0.1) is 0 Å². The van der Waals surface area contributed by atoms with E-state index in [1.54, 1.807) is 12.1 Å². The molecule has 2 unspecified atom stereocenters. The molecule has 0 saturated heterocycles. The van der Waals surface area contributed by atoms with Crippen molar-refractivity contribution in [3.63, 3.8) is 0 Å². The molecule has 4 heteroatoms. The molecule has 108 valence electrons. The maximum atomic E-state index is 13.7. The first-order chi connectivity index (χ1) is 10.1. The lowest BCUT2D eigenvalue weighted by atomic mass is 10.1. The van der Waals surface area contributed by atoms with E-state index in [1.165, 1.54) is 11.6 Å². The molecule has 2 aromatic rings. The average molecular weight is 395 g/mol. The van der Waals surface area contributed by atoms with Gasteiger partial charge in [-0.2, -0.15) is 0 Å². The molecule has 1 saturated carbocycles. The number of hydrogen-bond acceptors (Lipinski definition) is 1. The first-order valence-electron chi connectivity index (χ1n) is 6.87. The number of hydrogen-bond donors (Lipinski definition) is 1. The van der Waals surface area contributed by atoms with Gasteiger partial charge in [0.1, 0.15) is 5.82 Å². The molecule has 0 aromatic heterocycles. The highest BCUT2D eigenvalue weighted by Gasteiger charge is 2.45. The molecule has 3 rings (SSSR count). The Bertz CT molecular complexity index is 701. The molecule has 2 aromatic carbocycles. The lowest BCUT2D eigenvalue weighted by molar-refractivity contribution is -0.117. The van der Waals surface area contributed by atoms with Crippen LogP contribution in [0.15, 0.2) is 42.5 Å². The van der Waals surface area contributed by atoms with Crippen molar-refractivity contribution in [2.45, 2.75) is 19.3 Å². The maximum absolute atomic E-state index is 13.7. The number of halogens is 2. The molecule has 0 radical (unpaired) electrons. The first kappa shape index (κ1) is 14.5. The SMILES string of the molecule is Cc1ccc(NC(=O)C2CC2c2ccccc2F)cc1I. The third-order valence-electron chi connectivity index (χ3n) is 3.87. The molecular weight excluding hydrogens is 380 g/mol. The molecule has 1 N–H and O–H groups in total. The van der Waals surface area contributed by atoms with Gasteiger partial charge < -0.3 is 5.32 Å². The van der Waals surface area contributed by atoms with Crippen molar-refractivity contribution in [2.75, 3.05) is 5.32 Å². The van der Waals surface area contributed by atoms with Gasteiger partial charge in [-0.3, -0.25) is 4.79 Å². The van der Waals surface area contributed by atoms with Crippen molar-refractivity contribution >= 4 is 34.2 Å². The number of aryl methyl sites for hydroxylation is 1. The second-order valence-electron chi connectivity index (χ2n) is 5.42. The molecule has 0 heterocycles. The van der Waals surface area contributed by atoms with Crippen LogP contribution in [0.4, 0.5) is 10.1 Å². The van der Waals surface area contributed by atoms with Crippen LogP contribution >= 0.6 is 22.6 Å². The first-order valence-corrected chi connectivity index (χ1v) is 7.95. The number of nitrogens with one attached hydrogen (secondary N) is 1. The van der Waals surface area contributed by atoms with E-state index >= 15 is 0 Å². The summed E-state index contributed by atoms with van der Waals surface area (Å²) < 4.78 is 14.8. The number of benzene rings is 2. The number of carbonyl (C=O) groups is 1. The van der Waals surface area contributed by atoms with Crippen molar-refractivity contribution in [3.05, 3.63) is 63.0 Å². The molecule has 1 fully saturated rings. The third-order valence-corrected chi connectivity index (χ3v) is 5.03. The molecule has 1 aliphatic carbocycles. The van der Waals surface area contributed by atoms with E-state index in [-0.39, 0.29) is 23.6 Å². The minimum Gasteiger partial charge on any atom is -0.326 e. The summed E-state index contributed by atoms with van der Waals surface area (Å²) in [5.41, 5.74) is 2.63. The second-order valence-corrected chi connectivity index (χ2v) is 6.59. The van der Waals surface area contributed by atoms with E-state index in [0.29, 0.717) is 5.56 Å². The normalized spacial score (nSPS) is 20.1. The minimum atomic E-state index is -0.220. The molecule has 1 aliphatic rings. The van der Waals surface area contributed by atoms with Crippen molar-refractivity contribution in [1.29, 1.82) is 0 Å². The lowest BCUT2D eigenvalue weighted by Gasteiger charge is -2.07. The monoisotopic (exact) mass is 395 g/mol. The van der Waals surface area contributed by atoms with Crippen LogP contribution in [0.5, 0.6) is 0 Å². The van der Waals surface area contributed by atoms with Gasteiger partial charge in [-0.05, 0) is 71.2 Å². The summed E-state index contributed by atoms with van der Waals surface area (Å²) in [6, 6.07) is 12.5. The maximum Gasteiger partial charge on any atom is 0.228 e. The molecule has 0 bridgehead atoms. The van der Waals surface area contributed by atoms with Crippen LogP contribution in [-0.4, -0.2) is 5.91 Å². The van der Waals surface area contributed by atoms with Crippen LogP contribution in [0.1, 0.15) is 23.5 Å². The van der Waals surface area contributed by atoms with E-state index in [1.807, 2.05) is 31.2 Å². The van der Waals surface area contributed by atoms with E-state index in [2.05, 4.69) is 27.9 Å². The van der Waals surface area contributed by atoms with Crippen molar-refractivity contribution in [1.82, 2.24) is 0 Å². The Labute approximate surface area is 136 Å². The highest BCUT2D eigenvalue weighted by Crippen LogP contribution is 2.48. The summed E-state index contributed by atoms with van der Waals surface area (Å²) in [5, 5.41) is 2.92. The van der Waals surface area contributed by atoms with Crippen molar-refractivity contribution in [2.24, 2.45) is 5.92 Å². The van der Waals surface area contributed by atoms with Crippen LogP contribution < -0.4 is 5.32 Å². The van der Waals surface area contributed by atoms with E-state index in [0.717, 1.165) is 15.7 Å². The fourth-order valence-corrected chi connectivity index (χ4v) is 3.03. The van der Waals surface area contributed by atoms with Crippen LogP contribution in [0.25, 0.3) is 0 Å². The van der Waals surface area contributed by atoms with Crippen LogP contribution in [0, 0.1) is 22.2 Å². The number of carbonyl (C=O) groups excluding carboxylic acids is 1. The molecule has 0 aliphatic heterocycles. The third kappa shape index (κ3) is 3.10. The minimum absolute atomic E-state index is 0.00993. The Morgan fingerprint density at radius 3 is 2.76 bits per heavy atom. The summed E-state index contributed by atoms with van der Waals surface area (Å²) in [7, 11) is 0. The van der Waals surface area contributed by atoms with Gasteiger partial charge in [0.2, 0.25) is 5.91 Å². The highest BCUT2D eigenvalue weighted by molar-refractivity contribution is 14.1. The van der Waals surface area contributed by atoms with Gasteiger partial charge in [-0.1, -0.05) is 24.3 Å². The van der Waals surface area contributed by atoms with E-state index in [9.17, 15) is 9.18 Å². The topological polar surface area (TPSA) is 29.1 Å². The Balaban J connectivity index is 1.68. The predicted molar refractivity (Wildman–Crippen MR) is 89.8 cm³/mol. The Morgan fingerprint density at radius 2 is 2.05 bits per heavy atom. The highest BCUT2D eigenvalue weighted by atomic mass is 127. The smallest absolute Gasteiger partial charge is 0.228 e. The molecule has 1 amide bonds. The van der Waals surface area contributed by atoms with Gasteiger partial charge in [-0.15, -0.1) is 0 Å². The van der Waals surface area contributed by atoms with Gasteiger partial charge in [0.25, 0.3) is 0 Å². The van der Waals surface area contributed by atoms with E-state index < -0.39 is 0 Å². The fourth-order valence-electron chi connectivity index (χ4n) is 2.51. The molecular formula is C17H15FINO. The lowest BCUT2D eigenvalue weighted by Crippen LogP contribution is -2.14. The molecule has 2 nitrogen and oxygen atoms in total. The largest absolute Gasteiger partial charge is 0.326 e. The number of anilines is 1. The summed E-state index contributed by atoms with van der Waals surface area (Å²) >= 11 is 2.25. The number of amides is 1. The predicted octanol–water partition coefficient (Wildman–Crippen LogP) is 4.48. The zero-order chi connectivity index (χ0) is 15.0. The van der Waals surface area contributed by atoms with Crippen molar-refractivity contribution in [3.8, 4) is 0 Å². The Morgan fingerprint density at radius 1 is 1.29 bits per heavy atom. The van der Waals surface area contributed by atoms with Gasteiger partial charge >= 0.3 is 0 Å². The van der Waals surface area contributed by atoms with Gasteiger partial charge in [0.15, 0.2) is 0 Å². The zero-order valence-corrected chi connectivity index (χ0v) is 13.7. The van der Waals surface area contributed by atoms with Crippen LogP contribution in [-0.2, 0) is 4.79 Å². The van der Waals surface area contributed by atoms with Gasteiger partial charge in [-0.25, -0.2) is 4.39 Å². The van der Waals surface area contributed by atoms with Crippen molar-refractivity contribution < 1.29 is 9.18 Å². The summed E-state index contributed by atoms with van der Waals surface area (Å²) in [5.74, 6) is -0.359. The zero-order valence-electron chi connectivity index (χ0n) is 11.6. The standard InChI is InChI=1S/C17H15FINO/c1-10-6-7-11(8-16(10)19)20-17(21)14-9-13(14)12-4-2-3-5-15(12)18/h2-8,13-14H,9H2,1H3,(H,20,21). The molecule has 2 atom stereocenters. The van der Waals surface area contributed by atoms with Gasteiger partial charge in [0, 0.05) is 15.2 Å².